The lowest BCUT2D eigenvalue weighted by Gasteiger charge is -2.23. The first-order valence-electron chi connectivity index (χ1n) is 12.3. The Kier molecular flexibility index (Phi) is 5.44. The number of piperidine rings is 1. The average Bonchev–Trinajstić information content (AvgIpc) is 3.66. The fourth-order valence-corrected chi connectivity index (χ4v) is 5.74. The zero-order valence-electron chi connectivity index (χ0n) is 19.8. The number of fused-ring (bicyclic) bond motifs is 2. The van der Waals surface area contributed by atoms with E-state index in [1.54, 1.807) is 6.20 Å². The number of halogens is 1. The maximum absolute atomic E-state index is 13.7. The molecule has 1 aliphatic rings. The van der Waals surface area contributed by atoms with Crippen LogP contribution in [0.2, 0.25) is 0 Å². The summed E-state index contributed by atoms with van der Waals surface area (Å²) in [6.07, 6.45) is 7.60. The SMILES string of the molecule is Fc1ccc(-c2cccc3[nH]c(-c4n[nH]c5ncc(-c6cncc(OC7CCNCC7)c6)cc45)cc23)s1. The van der Waals surface area contributed by atoms with Crippen molar-refractivity contribution in [3.63, 3.8) is 0 Å². The number of nitrogens with zero attached hydrogens (tertiary/aromatic N) is 3. The molecule has 0 amide bonds. The molecule has 7 rings (SSSR count). The molecule has 0 unspecified atom stereocenters. The summed E-state index contributed by atoms with van der Waals surface area (Å²) < 4.78 is 19.9. The molecule has 5 aromatic heterocycles. The van der Waals surface area contributed by atoms with E-state index in [-0.39, 0.29) is 11.2 Å². The summed E-state index contributed by atoms with van der Waals surface area (Å²) in [5.74, 6) is 0.769. The molecule has 37 heavy (non-hydrogen) atoms. The Hall–Kier alpha value is -4.08. The maximum Gasteiger partial charge on any atom is 0.176 e. The molecule has 6 heterocycles. The van der Waals surface area contributed by atoms with Gasteiger partial charge in [-0.25, -0.2) is 4.98 Å². The Morgan fingerprint density at radius 3 is 2.70 bits per heavy atom. The Labute approximate surface area is 215 Å². The number of ether oxygens (including phenoxy) is 1. The third-order valence-corrected chi connectivity index (χ3v) is 7.72. The lowest BCUT2D eigenvalue weighted by Crippen LogP contribution is -2.34. The van der Waals surface area contributed by atoms with Gasteiger partial charge in [0.05, 0.1) is 11.9 Å². The normalized spacial score (nSPS) is 14.5. The van der Waals surface area contributed by atoms with Crippen LogP contribution < -0.4 is 10.1 Å². The largest absolute Gasteiger partial charge is 0.489 e. The third kappa shape index (κ3) is 4.16. The number of pyridine rings is 2. The summed E-state index contributed by atoms with van der Waals surface area (Å²) in [5.41, 5.74) is 6.17. The second-order valence-corrected chi connectivity index (χ2v) is 10.3. The number of rotatable bonds is 5. The molecule has 0 radical (unpaired) electrons. The van der Waals surface area contributed by atoms with Crippen LogP contribution in [0.4, 0.5) is 4.39 Å². The molecule has 0 bridgehead atoms. The van der Waals surface area contributed by atoms with Crippen LogP contribution in [0.3, 0.4) is 0 Å². The van der Waals surface area contributed by atoms with Crippen LogP contribution in [0.25, 0.3) is 54.9 Å². The number of H-pyrrole nitrogens is 2. The molecule has 0 saturated carbocycles. The van der Waals surface area contributed by atoms with Crippen LogP contribution in [-0.4, -0.2) is 44.3 Å². The summed E-state index contributed by atoms with van der Waals surface area (Å²) in [4.78, 5) is 13.4. The highest BCUT2D eigenvalue weighted by Gasteiger charge is 2.17. The van der Waals surface area contributed by atoms with Gasteiger partial charge >= 0.3 is 0 Å². The molecule has 7 nitrogen and oxygen atoms in total. The van der Waals surface area contributed by atoms with Gasteiger partial charge in [0.1, 0.15) is 17.5 Å². The van der Waals surface area contributed by atoms with Crippen molar-refractivity contribution in [3.8, 4) is 38.7 Å². The molecule has 6 aromatic rings. The number of aromatic nitrogens is 5. The highest BCUT2D eigenvalue weighted by atomic mass is 32.1. The highest BCUT2D eigenvalue weighted by molar-refractivity contribution is 7.14. The van der Waals surface area contributed by atoms with E-state index in [1.165, 1.54) is 6.07 Å². The summed E-state index contributed by atoms with van der Waals surface area (Å²) >= 11 is 1.14. The van der Waals surface area contributed by atoms with Gasteiger partial charge in [0.25, 0.3) is 0 Å². The molecule has 1 aliphatic heterocycles. The van der Waals surface area contributed by atoms with Crippen LogP contribution in [0.5, 0.6) is 5.75 Å². The lowest BCUT2D eigenvalue weighted by atomic mass is 10.1. The zero-order valence-corrected chi connectivity index (χ0v) is 20.6. The van der Waals surface area contributed by atoms with Crippen molar-refractivity contribution in [2.75, 3.05) is 13.1 Å². The first kappa shape index (κ1) is 22.1. The molecule has 9 heteroatoms. The molecule has 1 fully saturated rings. The van der Waals surface area contributed by atoms with E-state index in [9.17, 15) is 4.39 Å². The molecule has 0 atom stereocenters. The molecule has 0 aliphatic carbocycles. The fraction of sp³-hybridized carbons (Fsp3) is 0.179. The molecule has 0 spiro atoms. The van der Waals surface area contributed by atoms with Crippen LogP contribution in [0.1, 0.15) is 12.8 Å². The van der Waals surface area contributed by atoms with E-state index < -0.39 is 0 Å². The van der Waals surface area contributed by atoms with Crippen LogP contribution in [0.15, 0.2) is 67.1 Å². The molecular formula is C28H23FN6OS. The quantitative estimate of drug-likeness (QED) is 0.258. The second-order valence-electron chi connectivity index (χ2n) is 9.22. The standard InChI is InChI=1S/C28H23FN6OS/c29-26-5-4-25(37-26)20-2-1-3-23-21(20)12-24(33-23)27-22-11-17(14-32-28(22)35-34-27)16-10-19(15-31-13-16)36-18-6-8-30-9-7-18/h1-5,10-15,18,30,33H,6-9H2,(H,32,34,35). The van der Waals surface area contributed by atoms with Gasteiger partial charge in [-0.05, 0) is 62.3 Å². The molecule has 1 saturated heterocycles. The lowest BCUT2D eigenvalue weighted by molar-refractivity contribution is 0.162. The average molecular weight is 511 g/mol. The van der Waals surface area contributed by atoms with E-state index in [2.05, 4.69) is 42.6 Å². The minimum atomic E-state index is -0.195. The Balaban J connectivity index is 1.26. The van der Waals surface area contributed by atoms with Gasteiger partial charge in [-0.15, -0.1) is 11.3 Å². The maximum atomic E-state index is 13.7. The summed E-state index contributed by atoms with van der Waals surface area (Å²) in [7, 11) is 0. The van der Waals surface area contributed by atoms with Crippen LogP contribution in [-0.2, 0) is 0 Å². The predicted molar refractivity (Wildman–Crippen MR) is 144 cm³/mol. The van der Waals surface area contributed by atoms with E-state index in [0.29, 0.717) is 5.65 Å². The topological polar surface area (TPSA) is 91.5 Å². The second kappa shape index (κ2) is 9.10. The Morgan fingerprint density at radius 2 is 1.84 bits per heavy atom. The number of thiophene rings is 1. The van der Waals surface area contributed by atoms with Gasteiger partial charge in [-0.1, -0.05) is 12.1 Å². The van der Waals surface area contributed by atoms with Crippen molar-refractivity contribution in [1.29, 1.82) is 0 Å². The Morgan fingerprint density at radius 1 is 0.946 bits per heavy atom. The summed E-state index contributed by atoms with van der Waals surface area (Å²) in [5, 5.41) is 12.7. The Bertz CT molecular complexity index is 1730. The smallest absolute Gasteiger partial charge is 0.176 e. The van der Waals surface area contributed by atoms with Crippen LogP contribution >= 0.6 is 11.3 Å². The van der Waals surface area contributed by atoms with E-state index in [1.807, 2.05) is 42.7 Å². The van der Waals surface area contributed by atoms with E-state index in [0.717, 1.165) is 92.3 Å². The van der Waals surface area contributed by atoms with Gasteiger partial charge in [0.2, 0.25) is 0 Å². The fourth-order valence-electron chi connectivity index (χ4n) is 4.97. The number of hydrogen-bond donors (Lipinski definition) is 3. The molecule has 1 aromatic carbocycles. The number of hydrogen-bond acceptors (Lipinski definition) is 6. The summed E-state index contributed by atoms with van der Waals surface area (Å²) in [6.45, 7) is 1.95. The van der Waals surface area contributed by atoms with Crippen molar-refractivity contribution < 1.29 is 9.13 Å². The van der Waals surface area contributed by atoms with Crippen molar-refractivity contribution in [1.82, 2.24) is 30.5 Å². The molecule has 184 valence electrons. The first-order valence-corrected chi connectivity index (χ1v) is 13.1. The zero-order chi connectivity index (χ0) is 24.8. The van der Waals surface area contributed by atoms with Gasteiger partial charge in [0, 0.05) is 50.3 Å². The van der Waals surface area contributed by atoms with Gasteiger partial charge in [-0.3, -0.25) is 10.1 Å². The number of aromatic amines is 2. The molecular weight excluding hydrogens is 487 g/mol. The molecule has 3 N–H and O–H groups in total. The highest BCUT2D eigenvalue weighted by Crippen LogP contribution is 2.37. The minimum absolute atomic E-state index is 0.195. The van der Waals surface area contributed by atoms with Crippen molar-refractivity contribution in [3.05, 3.63) is 72.3 Å². The van der Waals surface area contributed by atoms with Gasteiger partial charge < -0.3 is 15.0 Å². The predicted octanol–water partition coefficient (Wildman–Crippen LogP) is 6.17. The van der Waals surface area contributed by atoms with Crippen molar-refractivity contribution >= 4 is 33.3 Å². The van der Waals surface area contributed by atoms with E-state index in [4.69, 9.17) is 4.74 Å². The van der Waals surface area contributed by atoms with Crippen molar-refractivity contribution in [2.45, 2.75) is 18.9 Å². The first-order chi connectivity index (χ1) is 18.2. The third-order valence-electron chi connectivity index (χ3n) is 6.81. The van der Waals surface area contributed by atoms with E-state index >= 15 is 0 Å². The monoisotopic (exact) mass is 510 g/mol. The number of nitrogens with one attached hydrogen (secondary N) is 3. The minimum Gasteiger partial charge on any atom is -0.489 e. The van der Waals surface area contributed by atoms with Gasteiger partial charge in [-0.2, -0.15) is 9.49 Å². The number of benzene rings is 1. The van der Waals surface area contributed by atoms with Gasteiger partial charge in [0.15, 0.2) is 10.8 Å². The van der Waals surface area contributed by atoms with Crippen molar-refractivity contribution in [2.24, 2.45) is 0 Å². The summed E-state index contributed by atoms with van der Waals surface area (Å²) in [6, 6.07) is 15.5. The van der Waals surface area contributed by atoms with Crippen LogP contribution in [0, 0.1) is 5.13 Å².